The number of hydrogen-bond donors (Lipinski definition) is 2. The number of hydrogen-bond acceptors (Lipinski definition) is 4. The summed E-state index contributed by atoms with van der Waals surface area (Å²) in [4.78, 5) is 9.93. The SMILES string of the molecule is C=CCOC(C)=O.O=S(=O)(O)O. The fourth-order valence-electron chi connectivity index (χ4n) is 0.176. The molecule has 0 heterocycles. The zero-order chi connectivity index (χ0) is 10.2. The van der Waals surface area contributed by atoms with E-state index in [1.54, 1.807) is 0 Å². The first-order valence-corrected chi connectivity index (χ1v) is 4.11. The largest absolute Gasteiger partial charge is 0.462 e. The van der Waals surface area contributed by atoms with E-state index in [2.05, 4.69) is 11.3 Å². The van der Waals surface area contributed by atoms with Gasteiger partial charge in [-0.05, 0) is 0 Å². The average Bonchev–Trinajstić information content (AvgIpc) is 1.79. The summed E-state index contributed by atoms with van der Waals surface area (Å²) >= 11 is 0. The molecular formula is C5H10O6S. The Morgan fingerprint density at radius 2 is 1.92 bits per heavy atom. The summed E-state index contributed by atoms with van der Waals surface area (Å²) < 4.78 is 36.0. The molecular weight excluding hydrogens is 188 g/mol. The molecule has 0 aliphatic rings. The van der Waals surface area contributed by atoms with Gasteiger partial charge in [0.15, 0.2) is 0 Å². The Bertz CT molecular complexity index is 220. The zero-order valence-electron chi connectivity index (χ0n) is 6.43. The quantitative estimate of drug-likeness (QED) is 0.370. The molecule has 0 spiro atoms. The molecule has 6 nitrogen and oxygen atoms in total. The molecule has 0 aliphatic heterocycles. The molecule has 0 aromatic heterocycles. The molecule has 0 unspecified atom stereocenters. The highest BCUT2D eigenvalue weighted by Gasteiger charge is 1.84. The molecule has 2 N–H and O–H groups in total. The van der Waals surface area contributed by atoms with Crippen molar-refractivity contribution in [1.82, 2.24) is 0 Å². The topological polar surface area (TPSA) is 101 Å². The third-order valence-corrected chi connectivity index (χ3v) is 0.404. The third-order valence-electron chi connectivity index (χ3n) is 0.404. The van der Waals surface area contributed by atoms with E-state index < -0.39 is 10.4 Å². The van der Waals surface area contributed by atoms with Crippen LogP contribution in [0.15, 0.2) is 12.7 Å². The van der Waals surface area contributed by atoms with Crippen molar-refractivity contribution in [2.45, 2.75) is 6.92 Å². The minimum atomic E-state index is -4.67. The normalized spacial score (nSPS) is 9.25. The number of rotatable bonds is 2. The van der Waals surface area contributed by atoms with E-state index in [4.69, 9.17) is 17.5 Å². The van der Waals surface area contributed by atoms with E-state index in [9.17, 15) is 4.79 Å². The zero-order valence-corrected chi connectivity index (χ0v) is 7.24. The van der Waals surface area contributed by atoms with Crippen LogP contribution in [0.3, 0.4) is 0 Å². The smallest absolute Gasteiger partial charge is 0.394 e. The van der Waals surface area contributed by atoms with Crippen LogP contribution in [0.25, 0.3) is 0 Å². The molecule has 0 atom stereocenters. The highest BCUT2D eigenvalue weighted by Crippen LogP contribution is 1.73. The molecule has 0 radical (unpaired) electrons. The third kappa shape index (κ3) is 62.5. The Morgan fingerprint density at radius 3 is 2.00 bits per heavy atom. The molecule has 0 saturated heterocycles. The maximum atomic E-state index is 9.93. The van der Waals surface area contributed by atoms with Gasteiger partial charge in [0, 0.05) is 6.92 Å². The fourth-order valence-corrected chi connectivity index (χ4v) is 0.176. The average molecular weight is 198 g/mol. The second-order valence-corrected chi connectivity index (χ2v) is 2.43. The fraction of sp³-hybridized carbons (Fsp3) is 0.400. The predicted octanol–water partition coefficient (Wildman–Crippen LogP) is 0.0827. The lowest BCUT2D eigenvalue weighted by atomic mass is 10.7. The summed E-state index contributed by atoms with van der Waals surface area (Å²) in [6.45, 7) is 5.03. The lowest BCUT2D eigenvalue weighted by Gasteiger charge is -1.90. The first kappa shape index (κ1) is 13.7. The van der Waals surface area contributed by atoms with Gasteiger partial charge < -0.3 is 4.74 Å². The molecule has 0 fully saturated rings. The molecule has 7 heteroatoms. The molecule has 0 aromatic carbocycles. The summed E-state index contributed by atoms with van der Waals surface area (Å²) in [5.74, 6) is -0.264. The van der Waals surface area contributed by atoms with Crippen molar-refractivity contribution in [3.05, 3.63) is 12.7 Å². The molecule has 0 aliphatic carbocycles. The van der Waals surface area contributed by atoms with Gasteiger partial charge in [-0.1, -0.05) is 12.7 Å². The van der Waals surface area contributed by atoms with Crippen molar-refractivity contribution in [3.63, 3.8) is 0 Å². The molecule has 0 aromatic rings. The lowest BCUT2D eigenvalue weighted by Crippen LogP contribution is -1.96. The molecule has 0 bridgehead atoms. The Kier molecular flexibility index (Phi) is 7.70. The summed E-state index contributed by atoms with van der Waals surface area (Å²) in [5.41, 5.74) is 0. The Balaban J connectivity index is 0. The highest BCUT2D eigenvalue weighted by atomic mass is 32.3. The number of esters is 1. The van der Waals surface area contributed by atoms with Gasteiger partial charge in [-0.25, -0.2) is 0 Å². The molecule has 72 valence electrons. The molecule has 0 saturated carbocycles. The Labute approximate surface area is 70.4 Å². The van der Waals surface area contributed by atoms with E-state index in [1.165, 1.54) is 13.0 Å². The Morgan fingerprint density at radius 1 is 1.58 bits per heavy atom. The van der Waals surface area contributed by atoms with Gasteiger partial charge in [-0.3, -0.25) is 13.9 Å². The van der Waals surface area contributed by atoms with Gasteiger partial charge in [-0.15, -0.1) is 0 Å². The predicted molar refractivity (Wildman–Crippen MR) is 41.0 cm³/mol. The van der Waals surface area contributed by atoms with Crippen molar-refractivity contribution in [2.24, 2.45) is 0 Å². The van der Waals surface area contributed by atoms with Crippen molar-refractivity contribution < 1.29 is 27.1 Å². The molecule has 0 amide bonds. The van der Waals surface area contributed by atoms with Gasteiger partial charge in [0.25, 0.3) is 0 Å². The van der Waals surface area contributed by atoms with Crippen molar-refractivity contribution in [2.75, 3.05) is 6.61 Å². The van der Waals surface area contributed by atoms with Gasteiger partial charge in [0.05, 0.1) is 0 Å². The van der Waals surface area contributed by atoms with E-state index >= 15 is 0 Å². The summed E-state index contributed by atoms with van der Waals surface area (Å²) in [6.07, 6.45) is 1.53. The second kappa shape index (κ2) is 6.77. The maximum absolute atomic E-state index is 9.93. The van der Waals surface area contributed by atoms with Crippen LogP contribution >= 0.6 is 0 Å². The van der Waals surface area contributed by atoms with Crippen LogP contribution < -0.4 is 0 Å². The Hall–Kier alpha value is -0.920. The number of carbonyl (C=O) groups excluding carboxylic acids is 1. The summed E-state index contributed by atoms with van der Waals surface area (Å²) in [7, 11) is -4.67. The van der Waals surface area contributed by atoms with Crippen molar-refractivity contribution in [3.8, 4) is 0 Å². The van der Waals surface area contributed by atoms with Crippen LogP contribution in [0.1, 0.15) is 6.92 Å². The standard InChI is InChI=1S/C5H8O2.H2O4S/c1-3-4-7-5(2)6;1-5(2,3)4/h3H,1,4H2,2H3;(H2,1,2,3,4). The minimum Gasteiger partial charge on any atom is -0.462 e. The van der Waals surface area contributed by atoms with Crippen LogP contribution in [0.4, 0.5) is 0 Å². The molecule has 0 rings (SSSR count). The van der Waals surface area contributed by atoms with E-state index in [0.29, 0.717) is 6.61 Å². The van der Waals surface area contributed by atoms with Crippen LogP contribution in [-0.4, -0.2) is 30.1 Å². The van der Waals surface area contributed by atoms with Gasteiger partial charge in [0.1, 0.15) is 6.61 Å². The number of carbonyl (C=O) groups is 1. The van der Waals surface area contributed by atoms with E-state index in [0.717, 1.165) is 0 Å². The number of ether oxygens (including phenoxy) is 1. The first-order chi connectivity index (χ1) is 5.27. The highest BCUT2D eigenvalue weighted by molar-refractivity contribution is 7.79. The maximum Gasteiger partial charge on any atom is 0.394 e. The van der Waals surface area contributed by atoms with Crippen LogP contribution in [0.2, 0.25) is 0 Å². The van der Waals surface area contributed by atoms with Crippen LogP contribution in [0.5, 0.6) is 0 Å². The van der Waals surface area contributed by atoms with Gasteiger partial charge in [-0.2, -0.15) is 8.42 Å². The van der Waals surface area contributed by atoms with E-state index in [-0.39, 0.29) is 5.97 Å². The molecule has 12 heavy (non-hydrogen) atoms. The summed E-state index contributed by atoms with van der Waals surface area (Å²) in [5, 5.41) is 0. The monoisotopic (exact) mass is 198 g/mol. The van der Waals surface area contributed by atoms with Gasteiger partial charge in [0.2, 0.25) is 0 Å². The van der Waals surface area contributed by atoms with Crippen molar-refractivity contribution >= 4 is 16.4 Å². The van der Waals surface area contributed by atoms with Gasteiger partial charge >= 0.3 is 16.4 Å². The lowest BCUT2D eigenvalue weighted by molar-refractivity contribution is -0.139. The first-order valence-electron chi connectivity index (χ1n) is 2.71. The van der Waals surface area contributed by atoms with Crippen LogP contribution in [0, 0.1) is 0 Å². The second-order valence-electron chi connectivity index (χ2n) is 1.54. The minimum absolute atomic E-state index is 0.264. The van der Waals surface area contributed by atoms with E-state index in [1.807, 2.05) is 0 Å². The summed E-state index contributed by atoms with van der Waals surface area (Å²) in [6, 6.07) is 0. The van der Waals surface area contributed by atoms with Crippen molar-refractivity contribution in [1.29, 1.82) is 0 Å². The van der Waals surface area contributed by atoms with Crippen LogP contribution in [-0.2, 0) is 19.9 Å².